The molecular formula is C21H19N3O2. The summed E-state index contributed by atoms with van der Waals surface area (Å²) in [6.07, 6.45) is 1.78. The zero-order valence-electron chi connectivity index (χ0n) is 14.5. The van der Waals surface area contributed by atoms with Crippen LogP contribution in [0.25, 0.3) is 11.4 Å². The molecule has 0 unspecified atom stereocenters. The summed E-state index contributed by atoms with van der Waals surface area (Å²) >= 11 is 0. The van der Waals surface area contributed by atoms with Gasteiger partial charge in [0.25, 0.3) is 0 Å². The number of rotatable bonds is 6. The second-order valence-corrected chi connectivity index (χ2v) is 5.81. The minimum absolute atomic E-state index is 0.246. The van der Waals surface area contributed by atoms with E-state index in [0.717, 1.165) is 22.8 Å². The first kappa shape index (κ1) is 17.4. The number of carboxylic acid groups (broad SMARTS) is 1. The Labute approximate surface area is 152 Å². The summed E-state index contributed by atoms with van der Waals surface area (Å²) in [5, 5.41) is 9.08. The first-order valence-corrected chi connectivity index (χ1v) is 8.21. The summed E-state index contributed by atoms with van der Waals surface area (Å²) < 4.78 is 0. The van der Waals surface area contributed by atoms with Crippen LogP contribution < -0.4 is 4.90 Å². The van der Waals surface area contributed by atoms with Crippen LogP contribution in [0.4, 0.5) is 11.5 Å². The summed E-state index contributed by atoms with van der Waals surface area (Å²) in [6, 6.07) is 18.4. The quantitative estimate of drug-likeness (QED) is 0.668. The lowest BCUT2D eigenvalue weighted by Crippen LogP contribution is -2.19. The van der Waals surface area contributed by atoms with Crippen molar-refractivity contribution in [2.24, 2.45) is 0 Å². The number of hydrogen-bond acceptors (Lipinski definition) is 4. The average molecular weight is 345 g/mol. The van der Waals surface area contributed by atoms with Crippen LogP contribution in [0, 0.1) is 6.92 Å². The number of carboxylic acids is 1. The molecule has 0 aliphatic rings. The Kier molecular flexibility index (Phi) is 5.08. The zero-order chi connectivity index (χ0) is 18.5. The van der Waals surface area contributed by atoms with Gasteiger partial charge in [-0.15, -0.1) is 6.58 Å². The van der Waals surface area contributed by atoms with E-state index in [2.05, 4.69) is 11.6 Å². The highest BCUT2D eigenvalue weighted by Crippen LogP contribution is 2.27. The Balaban J connectivity index is 2.04. The van der Waals surface area contributed by atoms with Crippen LogP contribution in [0.1, 0.15) is 16.1 Å². The van der Waals surface area contributed by atoms with Gasteiger partial charge in [-0.3, -0.25) is 0 Å². The molecule has 5 heteroatoms. The molecule has 0 radical (unpaired) electrons. The van der Waals surface area contributed by atoms with Gasteiger partial charge in [0, 0.05) is 29.6 Å². The highest BCUT2D eigenvalue weighted by atomic mass is 16.4. The molecule has 0 aliphatic heterocycles. The van der Waals surface area contributed by atoms with E-state index in [-0.39, 0.29) is 5.56 Å². The second kappa shape index (κ2) is 7.61. The Morgan fingerprint density at radius 3 is 2.42 bits per heavy atom. The lowest BCUT2D eigenvalue weighted by molar-refractivity contribution is 0.0697. The normalized spacial score (nSPS) is 10.3. The van der Waals surface area contributed by atoms with Gasteiger partial charge in [0.15, 0.2) is 5.82 Å². The van der Waals surface area contributed by atoms with Crippen molar-refractivity contribution in [2.75, 3.05) is 11.4 Å². The largest absolute Gasteiger partial charge is 0.478 e. The maximum atomic E-state index is 11.1. The molecule has 0 saturated heterocycles. The monoisotopic (exact) mass is 345 g/mol. The number of aryl methyl sites for hydroxylation is 1. The van der Waals surface area contributed by atoms with Crippen LogP contribution in [0.5, 0.6) is 0 Å². The van der Waals surface area contributed by atoms with Crippen LogP contribution in [-0.4, -0.2) is 27.6 Å². The predicted octanol–water partition coefficient (Wildman–Crippen LogP) is 4.47. The minimum atomic E-state index is -0.948. The number of anilines is 2. The number of nitrogens with zero attached hydrogens (tertiary/aromatic N) is 3. The van der Waals surface area contributed by atoms with E-state index < -0.39 is 5.97 Å². The van der Waals surface area contributed by atoms with Gasteiger partial charge in [-0.1, -0.05) is 36.4 Å². The lowest BCUT2D eigenvalue weighted by Gasteiger charge is -2.23. The molecular weight excluding hydrogens is 326 g/mol. The second-order valence-electron chi connectivity index (χ2n) is 5.81. The summed E-state index contributed by atoms with van der Waals surface area (Å²) in [5.41, 5.74) is 2.88. The third kappa shape index (κ3) is 3.78. The van der Waals surface area contributed by atoms with E-state index in [0.29, 0.717) is 12.4 Å². The van der Waals surface area contributed by atoms with E-state index in [1.54, 1.807) is 30.3 Å². The number of carbonyl (C=O) groups is 1. The van der Waals surface area contributed by atoms with Gasteiger partial charge in [-0.25, -0.2) is 14.8 Å². The SMILES string of the molecule is C=CCN(c1ccc(C(=O)O)cc1)c1cc(C)nc(-c2ccccc2)n1. The van der Waals surface area contributed by atoms with E-state index in [4.69, 9.17) is 10.1 Å². The Bertz CT molecular complexity index is 922. The Hall–Kier alpha value is -3.47. The summed E-state index contributed by atoms with van der Waals surface area (Å²) in [6.45, 7) is 6.29. The zero-order valence-corrected chi connectivity index (χ0v) is 14.5. The molecule has 1 heterocycles. The van der Waals surface area contributed by atoms with Gasteiger partial charge >= 0.3 is 5.97 Å². The third-order valence-electron chi connectivity index (χ3n) is 3.89. The van der Waals surface area contributed by atoms with E-state index in [1.807, 2.05) is 48.2 Å². The molecule has 26 heavy (non-hydrogen) atoms. The summed E-state index contributed by atoms with van der Waals surface area (Å²) in [4.78, 5) is 22.3. The van der Waals surface area contributed by atoms with Crippen LogP contribution in [0.2, 0.25) is 0 Å². The molecule has 5 nitrogen and oxygen atoms in total. The van der Waals surface area contributed by atoms with Gasteiger partial charge < -0.3 is 10.0 Å². The van der Waals surface area contributed by atoms with Gasteiger partial charge in [-0.05, 0) is 31.2 Å². The molecule has 0 amide bonds. The van der Waals surface area contributed by atoms with Crippen molar-refractivity contribution in [3.63, 3.8) is 0 Å². The molecule has 0 atom stereocenters. The van der Waals surface area contributed by atoms with Crippen molar-refractivity contribution in [3.05, 3.63) is 84.6 Å². The van der Waals surface area contributed by atoms with Crippen LogP contribution in [-0.2, 0) is 0 Å². The molecule has 0 spiro atoms. The topological polar surface area (TPSA) is 66.3 Å². The minimum Gasteiger partial charge on any atom is -0.478 e. The molecule has 1 N–H and O–H groups in total. The molecule has 0 bridgehead atoms. The van der Waals surface area contributed by atoms with Crippen molar-refractivity contribution < 1.29 is 9.90 Å². The summed E-state index contributed by atoms with van der Waals surface area (Å²) in [5.74, 6) is 0.437. The van der Waals surface area contributed by atoms with E-state index in [9.17, 15) is 4.79 Å². The van der Waals surface area contributed by atoms with Gasteiger partial charge in [0.05, 0.1) is 5.56 Å². The molecule has 0 saturated carbocycles. The molecule has 2 aromatic carbocycles. The highest BCUT2D eigenvalue weighted by Gasteiger charge is 2.13. The van der Waals surface area contributed by atoms with E-state index >= 15 is 0 Å². The molecule has 130 valence electrons. The lowest BCUT2D eigenvalue weighted by atomic mass is 10.2. The number of benzene rings is 2. The number of aromatic carboxylic acids is 1. The molecule has 0 fully saturated rings. The van der Waals surface area contributed by atoms with E-state index in [1.165, 1.54) is 0 Å². The van der Waals surface area contributed by atoms with Gasteiger partial charge in [0.1, 0.15) is 5.82 Å². The van der Waals surface area contributed by atoms with Gasteiger partial charge in [0.2, 0.25) is 0 Å². The molecule has 3 rings (SSSR count). The highest BCUT2D eigenvalue weighted by molar-refractivity contribution is 5.88. The molecule has 0 aliphatic carbocycles. The molecule has 3 aromatic rings. The maximum absolute atomic E-state index is 11.1. The van der Waals surface area contributed by atoms with Crippen LogP contribution >= 0.6 is 0 Å². The van der Waals surface area contributed by atoms with Crippen molar-refractivity contribution in [3.8, 4) is 11.4 Å². The standard InChI is InChI=1S/C21H19N3O2/c1-3-13-24(18-11-9-17(10-12-18)21(25)26)19-14-15(2)22-20(23-19)16-7-5-4-6-8-16/h3-12,14H,1,13H2,2H3,(H,25,26). The van der Waals surface area contributed by atoms with Crippen molar-refractivity contribution >= 4 is 17.5 Å². The fourth-order valence-corrected chi connectivity index (χ4v) is 2.65. The molecule has 1 aromatic heterocycles. The van der Waals surface area contributed by atoms with Crippen LogP contribution in [0.3, 0.4) is 0 Å². The maximum Gasteiger partial charge on any atom is 0.335 e. The Morgan fingerprint density at radius 2 is 1.81 bits per heavy atom. The summed E-state index contributed by atoms with van der Waals surface area (Å²) in [7, 11) is 0. The third-order valence-corrected chi connectivity index (χ3v) is 3.89. The fraction of sp³-hybridized carbons (Fsp3) is 0.0952. The van der Waals surface area contributed by atoms with Crippen LogP contribution in [0.15, 0.2) is 73.3 Å². The fourth-order valence-electron chi connectivity index (χ4n) is 2.65. The predicted molar refractivity (Wildman–Crippen MR) is 103 cm³/mol. The van der Waals surface area contributed by atoms with Crippen molar-refractivity contribution in [1.82, 2.24) is 9.97 Å². The Morgan fingerprint density at radius 1 is 1.12 bits per heavy atom. The van der Waals surface area contributed by atoms with Gasteiger partial charge in [-0.2, -0.15) is 0 Å². The van der Waals surface area contributed by atoms with Crippen molar-refractivity contribution in [1.29, 1.82) is 0 Å². The number of hydrogen-bond donors (Lipinski definition) is 1. The first-order valence-electron chi connectivity index (χ1n) is 8.21. The average Bonchev–Trinajstić information content (AvgIpc) is 2.66. The smallest absolute Gasteiger partial charge is 0.335 e. The first-order chi connectivity index (χ1) is 12.6. The van der Waals surface area contributed by atoms with Crippen molar-refractivity contribution in [2.45, 2.75) is 6.92 Å². The number of aromatic nitrogens is 2.